The lowest BCUT2D eigenvalue weighted by Crippen LogP contribution is -2.58. The summed E-state index contributed by atoms with van der Waals surface area (Å²) in [6.07, 6.45) is 2.53. The van der Waals surface area contributed by atoms with Gasteiger partial charge in [0.15, 0.2) is 0 Å². The molecule has 5 nitrogen and oxygen atoms in total. The lowest BCUT2D eigenvalue weighted by Gasteiger charge is -2.38. The molecule has 0 bridgehead atoms. The van der Waals surface area contributed by atoms with Crippen molar-refractivity contribution in [2.75, 3.05) is 19.6 Å². The molecular weight excluding hydrogens is 216 g/mol. The van der Waals surface area contributed by atoms with E-state index in [1.807, 2.05) is 6.92 Å². The van der Waals surface area contributed by atoms with E-state index in [1.54, 1.807) is 0 Å². The van der Waals surface area contributed by atoms with Crippen molar-refractivity contribution < 1.29 is 13.2 Å². The zero-order valence-corrected chi connectivity index (χ0v) is 9.66. The maximum Gasteiger partial charge on any atom is 0.306 e. The van der Waals surface area contributed by atoms with Gasteiger partial charge in [-0.2, -0.15) is 12.7 Å². The standard InChI is InChI=1S/C9H16N2O3S/c1-2-8-7-11(9(8)12)15(13,14)10-5-3-4-6-10/h8H,2-7H2,1H3. The van der Waals surface area contributed by atoms with Gasteiger partial charge in [0, 0.05) is 19.6 Å². The van der Waals surface area contributed by atoms with Crippen molar-refractivity contribution in [3.8, 4) is 0 Å². The number of amides is 1. The molecule has 0 aromatic carbocycles. The van der Waals surface area contributed by atoms with Crippen LogP contribution < -0.4 is 0 Å². The van der Waals surface area contributed by atoms with Crippen LogP contribution in [0.5, 0.6) is 0 Å². The number of hydrogen-bond acceptors (Lipinski definition) is 3. The van der Waals surface area contributed by atoms with E-state index < -0.39 is 10.2 Å². The molecule has 0 aromatic rings. The third-order valence-corrected chi connectivity index (χ3v) is 5.05. The Bertz CT molecular complexity index is 360. The molecule has 2 fully saturated rings. The Morgan fingerprint density at radius 3 is 2.40 bits per heavy atom. The Kier molecular flexibility index (Phi) is 2.72. The Morgan fingerprint density at radius 1 is 1.33 bits per heavy atom. The van der Waals surface area contributed by atoms with Crippen LogP contribution in [0.2, 0.25) is 0 Å². The minimum atomic E-state index is -3.48. The number of nitrogens with zero attached hydrogens (tertiary/aromatic N) is 2. The summed E-state index contributed by atoms with van der Waals surface area (Å²) in [7, 11) is -3.48. The maximum absolute atomic E-state index is 11.9. The van der Waals surface area contributed by atoms with Gasteiger partial charge in [-0.05, 0) is 19.3 Å². The lowest BCUT2D eigenvalue weighted by molar-refractivity contribution is -0.140. The molecule has 2 aliphatic heterocycles. The minimum absolute atomic E-state index is 0.0811. The molecule has 86 valence electrons. The first-order valence-electron chi connectivity index (χ1n) is 5.39. The number of hydrogen-bond donors (Lipinski definition) is 0. The van der Waals surface area contributed by atoms with Crippen molar-refractivity contribution in [1.29, 1.82) is 0 Å². The van der Waals surface area contributed by atoms with Crippen molar-refractivity contribution in [3.05, 3.63) is 0 Å². The van der Waals surface area contributed by atoms with Crippen molar-refractivity contribution in [3.63, 3.8) is 0 Å². The molecule has 1 unspecified atom stereocenters. The predicted octanol–water partition coefficient (Wildman–Crippen LogP) is 0.195. The highest BCUT2D eigenvalue weighted by molar-refractivity contribution is 7.87. The second-order valence-electron chi connectivity index (χ2n) is 4.09. The fraction of sp³-hybridized carbons (Fsp3) is 0.889. The quantitative estimate of drug-likeness (QED) is 0.653. The molecular formula is C9H16N2O3S. The molecule has 6 heteroatoms. The first-order chi connectivity index (χ1) is 7.07. The van der Waals surface area contributed by atoms with Gasteiger partial charge in [0.1, 0.15) is 0 Å². The van der Waals surface area contributed by atoms with Crippen molar-refractivity contribution in [1.82, 2.24) is 8.61 Å². The molecule has 0 radical (unpaired) electrons. The van der Waals surface area contributed by atoms with Crippen LogP contribution in [0.3, 0.4) is 0 Å². The number of carbonyl (C=O) groups excluding carboxylic acids is 1. The van der Waals surface area contributed by atoms with E-state index in [-0.39, 0.29) is 11.8 Å². The fourth-order valence-electron chi connectivity index (χ4n) is 2.03. The second kappa shape index (κ2) is 3.75. The maximum atomic E-state index is 11.9. The van der Waals surface area contributed by atoms with Gasteiger partial charge in [0.05, 0.1) is 5.92 Å². The Balaban J connectivity index is 2.08. The van der Waals surface area contributed by atoms with Gasteiger partial charge >= 0.3 is 10.2 Å². The normalized spacial score (nSPS) is 28.2. The molecule has 1 atom stereocenters. The van der Waals surface area contributed by atoms with E-state index in [0.29, 0.717) is 19.6 Å². The van der Waals surface area contributed by atoms with Crippen LogP contribution in [-0.4, -0.2) is 42.6 Å². The molecule has 2 heterocycles. The summed E-state index contributed by atoms with van der Waals surface area (Å²) in [6.45, 7) is 3.39. The van der Waals surface area contributed by atoms with E-state index in [1.165, 1.54) is 4.31 Å². The van der Waals surface area contributed by atoms with E-state index in [9.17, 15) is 13.2 Å². The van der Waals surface area contributed by atoms with Crippen molar-refractivity contribution in [2.45, 2.75) is 26.2 Å². The summed E-state index contributed by atoms with van der Waals surface area (Å²) in [4.78, 5) is 11.5. The van der Waals surface area contributed by atoms with Crippen LogP contribution in [0, 0.1) is 5.92 Å². The topological polar surface area (TPSA) is 57.7 Å². The smallest absolute Gasteiger partial charge is 0.273 e. The summed E-state index contributed by atoms with van der Waals surface area (Å²) in [5, 5.41) is 0. The average Bonchev–Trinajstić information content (AvgIpc) is 2.69. The predicted molar refractivity (Wildman–Crippen MR) is 55.2 cm³/mol. The monoisotopic (exact) mass is 232 g/mol. The van der Waals surface area contributed by atoms with Gasteiger partial charge in [-0.15, -0.1) is 0 Å². The number of rotatable bonds is 3. The van der Waals surface area contributed by atoms with Gasteiger partial charge in [0.25, 0.3) is 0 Å². The van der Waals surface area contributed by atoms with Gasteiger partial charge in [-0.25, -0.2) is 4.31 Å². The fourth-order valence-corrected chi connectivity index (χ4v) is 3.77. The molecule has 2 saturated heterocycles. The minimum Gasteiger partial charge on any atom is -0.273 e. The molecule has 0 N–H and O–H groups in total. The summed E-state index contributed by atoms with van der Waals surface area (Å²) < 4.78 is 26.3. The Morgan fingerprint density at radius 2 is 1.93 bits per heavy atom. The highest BCUT2D eigenvalue weighted by Gasteiger charge is 2.45. The van der Waals surface area contributed by atoms with Crippen LogP contribution in [0.1, 0.15) is 26.2 Å². The molecule has 0 saturated carbocycles. The van der Waals surface area contributed by atoms with E-state index in [2.05, 4.69) is 0 Å². The highest BCUT2D eigenvalue weighted by Crippen LogP contribution is 2.27. The molecule has 0 aliphatic carbocycles. The van der Waals surface area contributed by atoms with Gasteiger partial charge in [-0.3, -0.25) is 4.79 Å². The lowest BCUT2D eigenvalue weighted by atomic mass is 9.99. The zero-order chi connectivity index (χ0) is 11.1. The van der Waals surface area contributed by atoms with E-state index in [4.69, 9.17) is 0 Å². The highest BCUT2D eigenvalue weighted by atomic mass is 32.2. The second-order valence-corrected chi connectivity index (χ2v) is 5.94. The summed E-state index contributed by atoms with van der Waals surface area (Å²) in [5.41, 5.74) is 0. The average molecular weight is 232 g/mol. The van der Waals surface area contributed by atoms with Crippen LogP contribution >= 0.6 is 0 Å². The molecule has 1 amide bonds. The summed E-state index contributed by atoms with van der Waals surface area (Å²) in [6, 6.07) is 0. The van der Waals surface area contributed by atoms with Gasteiger partial charge in [-0.1, -0.05) is 6.92 Å². The number of carbonyl (C=O) groups is 1. The summed E-state index contributed by atoms with van der Waals surface area (Å²) in [5.74, 6) is -0.313. The van der Waals surface area contributed by atoms with Crippen molar-refractivity contribution >= 4 is 16.1 Å². The van der Waals surface area contributed by atoms with E-state index in [0.717, 1.165) is 23.6 Å². The Hall–Kier alpha value is -0.620. The van der Waals surface area contributed by atoms with Crippen LogP contribution in [0.4, 0.5) is 0 Å². The third kappa shape index (κ3) is 1.65. The van der Waals surface area contributed by atoms with Crippen molar-refractivity contribution in [2.24, 2.45) is 5.92 Å². The van der Waals surface area contributed by atoms with Crippen LogP contribution in [0.15, 0.2) is 0 Å². The first-order valence-corrected chi connectivity index (χ1v) is 6.78. The summed E-state index contributed by atoms with van der Waals surface area (Å²) >= 11 is 0. The molecule has 15 heavy (non-hydrogen) atoms. The Labute approximate surface area is 90.2 Å². The van der Waals surface area contributed by atoms with Gasteiger partial charge in [0.2, 0.25) is 5.91 Å². The molecule has 0 aromatic heterocycles. The van der Waals surface area contributed by atoms with Crippen LogP contribution in [-0.2, 0) is 15.0 Å². The first kappa shape index (κ1) is 10.9. The molecule has 2 aliphatic rings. The molecule has 2 rings (SSSR count). The molecule has 0 spiro atoms. The van der Waals surface area contributed by atoms with E-state index >= 15 is 0 Å². The largest absolute Gasteiger partial charge is 0.306 e. The third-order valence-electron chi connectivity index (χ3n) is 3.14. The SMILES string of the molecule is CCC1CN(S(=O)(=O)N2CCCC2)C1=O. The van der Waals surface area contributed by atoms with Crippen LogP contribution in [0.25, 0.3) is 0 Å². The zero-order valence-electron chi connectivity index (χ0n) is 8.85. The van der Waals surface area contributed by atoms with Gasteiger partial charge < -0.3 is 0 Å². The number of β-lactam (4-membered cyclic amide) rings is 1.